The number of hydrogen-bond donors (Lipinski definition) is 1. The first-order chi connectivity index (χ1) is 14.8. The minimum Gasteiger partial charge on any atom is -0.396 e. The molecule has 2 nitrogen and oxygen atoms in total. The fraction of sp³-hybridized carbons (Fsp3) is 0.967. The molecular weight excluding hydrogens is 392 g/mol. The van der Waals surface area contributed by atoms with Crippen molar-refractivity contribution in [1.82, 2.24) is 0 Å². The molecule has 0 aliphatic heterocycles. The van der Waals surface area contributed by atoms with E-state index in [1.54, 1.807) is 0 Å². The van der Waals surface area contributed by atoms with Crippen LogP contribution >= 0.6 is 0 Å². The Morgan fingerprint density at radius 3 is 2.22 bits per heavy atom. The van der Waals surface area contributed by atoms with Crippen molar-refractivity contribution in [3.05, 3.63) is 0 Å². The third-order valence-corrected chi connectivity index (χ3v) is 13.5. The zero-order valence-corrected chi connectivity index (χ0v) is 22.1. The van der Waals surface area contributed by atoms with Crippen LogP contribution in [-0.2, 0) is 4.79 Å². The van der Waals surface area contributed by atoms with Crippen LogP contribution in [0.15, 0.2) is 0 Å². The zero-order valence-electron chi connectivity index (χ0n) is 22.1. The molecule has 0 radical (unpaired) electrons. The van der Waals surface area contributed by atoms with Crippen molar-refractivity contribution in [2.75, 3.05) is 6.61 Å². The molecule has 0 bridgehead atoms. The van der Waals surface area contributed by atoms with Gasteiger partial charge in [0.1, 0.15) is 5.78 Å². The van der Waals surface area contributed by atoms with Crippen LogP contribution < -0.4 is 0 Å². The first kappa shape index (κ1) is 23.4. The van der Waals surface area contributed by atoms with Crippen molar-refractivity contribution in [1.29, 1.82) is 0 Å². The van der Waals surface area contributed by atoms with Gasteiger partial charge in [0, 0.05) is 18.9 Å². The van der Waals surface area contributed by atoms with Gasteiger partial charge in [0.15, 0.2) is 0 Å². The molecule has 0 aromatic heterocycles. The summed E-state index contributed by atoms with van der Waals surface area (Å²) in [7, 11) is 0. The number of Topliss-reactive ketones (excluding diaryl/α,β-unsaturated/α-hetero) is 1. The summed E-state index contributed by atoms with van der Waals surface area (Å²) in [6, 6.07) is 0. The minimum atomic E-state index is 0.205. The number of hydrogen-bond acceptors (Lipinski definition) is 2. The predicted octanol–water partition coefficient (Wildman–Crippen LogP) is 7.29. The van der Waals surface area contributed by atoms with Crippen molar-refractivity contribution < 1.29 is 9.90 Å². The molecule has 0 aromatic rings. The number of carbonyl (C=O) groups is 1. The average molecular weight is 443 g/mol. The van der Waals surface area contributed by atoms with Crippen molar-refractivity contribution in [3.63, 3.8) is 0 Å². The average Bonchev–Trinajstić information content (AvgIpc) is 2.72. The van der Waals surface area contributed by atoms with Crippen molar-refractivity contribution in [3.8, 4) is 0 Å². The molecule has 5 rings (SSSR count). The van der Waals surface area contributed by atoms with Gasteiger partial charge in [-0.05, 0) is 114 Å². The molecule has 0 amide bonds. The van der Waals surface area contributed by atoms with Gasteiger partial charge in [0.2, 0.25) is 0 Å². The predicted molar refractivity (Wildman–Crippen MR) is 131 cm³/mol. The summed E-state index contributed by atoms with van der Waals surface area (Å²) in [5.74, 6) is 4.22. The second kappa shape index (κ2) is 7.08. The first-order valence-corrected chi connectivity index (χ1v) is 14.0. The van der Waals surface area contributed by atoms with Crippen LogP contribution in [0, 0.1) is 62.6 Å². The highest BCUT2D eigenvalue weighted by molar-refractivity contribution is 5.82. The molecule has 5 saturated carbocycles. The lowest BCUT2D eigenvalue weighted by Crippen LogP contribution is -2.67. The van der Waals surface area contributed by atoms with Gasteiger partial charge in [0.25, 0.3) is 0 Å². The molecule has 0 heterocycles. The Bertz CT molecular complexity index is 786. The summed E-state index contributed by atoms with van der Waals surface area (Å²) in [5.41, 5.74) is 1.71. The summed E-state index contributed by atoms with van der Waals surface area (Å²) in [6.07, 6.45) is 12.4. The van der Waals surface area contributed by atoms with Crippen LogP contribution in [0.4, 0.5) is 0 Å². The lowest BCUT2D eigenvalue weighted by atomic mass is 9.31. The second-order valence-electron chi connectivity index (χ2n) is 15.0. The highest BCUT2D eigenvalue weighted by Crippen LogP contribution is 2.77. The van der Waals surface area contributed by atoms with Gasteiger partial charge in [-0.3, -0.25) is 4.79 Å². The van der Waals surface area contributed by atoms with Crippen molar-refractivity contribution >= 4 is 5.78 Å². The van der Waals surface area contributed by atoms with Crippen LogP contribution in [0.5, 0.6) is 0 Å². The van der Waals surface area contributed by atoms with Gasteiger partial charge >= 0.3 is 0 Å². The van der Waals surface area contributed by atoms with Crippen LogP contribution in [-0.4, -0.2) is 17.5 Å². The molecule has 10 atom stereocenters. The van der Waals surface area contributed by atoms with Gasteiger partial charge in [-0.1, -0.05) is 48.5 Å². The quantitative estimate of drug-likeness (QED) is 0.463. The molecule has 32 heavy (non-hydrogen) atoms. The molecule has 10 unspecified atom stereocenters. The van der Waals surface area contributed by atoms with Gasteiger partial charge in [-0.2, -0.15) is 0 Å². The smallest absolute Gasteiger partial charge is 0.136 e. The summed E-state index contributed by atoms with van der Waals surface area (Å²) in [5, 5.41) is 10.3. The standard InChI is InChI=1S/C30H50O2/c1-19-23(32)8-9-24-27(19,4)12-11-25-28(24,5)14-15-29(6)22-17-26(2,3)16-20(18-31)21(22)10-13-30(25,29)7/h19-22,24-25,31H,8-18H2,1-7H3. The Kier molecular flexibility index (Phi) is 5.17. The maximum Gasteiger partial charge on any atom is 0.136 e. The Morgan fingerprint density at radius 2 is 1.53 bits per heavy atom. The van der Waals surface area contributed by atoms with E-state index in [2.05, 4.69) is 48.5 Å². The molecule has 5 aliphatic carbocycles. The summed E-state index contributed by atoms with van der Waals surface area (Å²) < 4.78 is 0. The van der Waals surface area contributed by atoms with E-state index in [4.69, 9.17) is 0 Å². The van der Waals surface area contributed by atoms with Gasteiger partial charge < -0.3 is 5.11 Å². The fourth-order valence-electron chi connectivity index (χ4n) is 11.5. The molecular formula is C30H50O2. The number of aliphatic hydroxyl groups is 1. The van der Waals surface area contributed by atoms with E-state index < -0.39 is 0 Å². The number of ketones is 1. The minimum absolute atomic E-state index is 0.205. The summed E-state index contributed by atoms with van der Waals surface area (Å²) in [4.78, 5) is 12.7. The van der Waals surface area contributed by atoms with Crippen LogP contribution in [0.2, 0.25) is 0 Å². The second-order valence-corrected chi connectivity index (χ2v) is 15.0. The summed E-state index contributed by atoms with van der Waals surface area (Å²) in [6.45, 7) is 18.0. The molecule has 1 N–H and O–H groups in total. The Morgan fingerprint density at radius 1 is 0.812 bits per heavy atom. The Labute approximate surface area is 197 Å². The van der Waals surface area contributed by atoms with E-state index in [1.165, 1.54) is 51.4 Å². The number of rotatable bonds is 1. The largest absolute Gasteiger partial charge is 0.396 e. The lowest BCUT2D eigenvalue weighted by molar-refractivity contribution is -0.248. The normalized spacial score (nSPS) is 57.1. The highest BCUT2D eigenvalue weighted by atomic mass is 16.3. The molecule has 182 valence electrons. The van der Waals surface area contributed by atoms with E-state index in [1.807, 2.05) is 0 Å². The van der Waals surface area contributed by atoms with E-state index in [0.29, 0.717) is 45.9 Å². The van der Waals surface area contributed by atoms with E-state index >= 15 is 0 Å². The first-order valence-electron chi connectivity index (χ1n) is 14.0. The number of fused-ring (bicyclic) bond motifs is 7. The van der Waals surface area contributed by atoms with Gasteiger partial charge in [-0.25, -0.2) is 0 Å². The Balaban J connectivity index is 1.53. The molecule has 2 heteroatoms. The van der Waals surface area contributed by atoms with Gasteiger partial charge in [-0.15, -0.1) is 0 Å². The lowest BCUT2D eigenvalue weighted by Gasteiger charge is -2.73. The van der Waals surface area contributed by atoms with E-state index in [-0.39, 0.29) is 11.3 Å². The maximum absolute atomic E-state index is 12.7. The zero-order chi connectivity index (χ0) is 23.3. The number of aliphatic hydroxyl groups excluding tert-OH is 1. The third kappa shape index (κ3) is 2.83. The monoisotopic (exact) mass is 442 g/mol. The van der Waals surface area contributed by atoms with Crippen molar-refractivity contribution in [2.45, 2.75) is 113 Å². The fourth-order valence-corrected chi connectivity index (χ4v) is 11.5. The SMILES string of the molecule is CC1C(=O)CCC2C1(C)CCC1C2(C)CCC2(C)C3CC(C)(C)CC(CO)C3CCC12C. The maximum atomic E-state index is 12.7. The molecule has 5 fully saturated rings. The Hall–Kier alpha value is -0.370. The van der Waals surface area contributed by atoms with Crippen molar-refractivity contribution in [2.24, 2.45) is 62.6 Å². The summed E-state index contributed by atoms with van der Waals surface area (Å²) >= 11 is 0. The molecule has 0 spiro atoms. The van der Waals surface area contributed by atoms with Crippen LogP contribution in [0.1, 0.15) is 113 Å². The highest BCUT2D eigenvalue weighted by Gasteiger charge is 2.69. The third-order valence-electron chi connectivity index (χ3n) is 13.5. The number of carbonyl (C=O) groups excluding carboxylic acids is 1. The van der Waals surface area contributed by atoms with Gasteiger partial charge in [0.05, 0.1) is 0 Å². The molecule has 0 aromatic carbocycles. The van der Waals surface area contributed by atoms with E-state index in [0.717, 1.165) is 30.6 Å². The molecule has 5 aliphatic rings. The van der Waals surface area contributed by atoms with Crippen LogP contribution in [0.3, 0.4) is 0 Å². The van der Waals surface area contributed by atoms with E-state index in [9.17, 15) is 9.90 Å². The van der Waals surface area contributed by atoms with Crippen LogP contribution in [0.25, 0.3) is 0 Å². The molecule has 0 saturated heterocycles. The topological polar surface area (TPSA) is 37.3 Å².